The second-order valence-corrected chi connectivity index (χ2v) is 6.87. The molecule has 0 N–H and O–H groups in total. The SMILES string of the molecule is COc1ccc(-[n+]2noc([O-])c2C(=O)N2CCN(/C=C/c3ccccc3)CC2)cc1. The largest absolute Gasteiger partial charge is 0.538 e. The Kier molecular flexibility index (Phi) is 5.65. The fraction of sp³-hybridized carbons (Fsp3) is 0.227. The fourth-order valence-electron chi connectivity index (χ4n) is 3.31. The number of amides is 1. The van der Waals surface area contributed by atoms with Crippen LogP contribution in [0.3, 0.4) is 0 Å². The number of carbonyl (C=O) groups excluding carboxylic acids is 1. The lowest BCUT2D eigenvalue weighted by molar-refractivity contribution is -0.672. The van der Waals surface area contributed by atoms with Crippen LogP contribution in [-0.4, -0.2) is 54.3 Å². The number of methoxy groups -OCH3 is 1. The zero-order valence-electron chi connectivity index (χ0n) is 16.6. The Balaban J connectivity index is 1.44. The van der Waals surface area contributed by atoms with E-state index in [-0.39, 0.29) is 11.6 Å². The fourth-order valence-corrected chi connectivity index (χ4v) is 3.31. The van der Waals surface area contributed by atoms with Gasteiger partial charge in [0.15, 0.2) is 5.95 Å². The van der Waals surface area contributed by atoms with Crippen LogP contribution in [0.25, 0.3) is 11.8 Å². The van der Waals surface area contributed by atoms with Crippen molar-refractivity contribution in [1.82, 2.24) is 15.1 Å². The Labute approximate surface area is 174 Å². The molecule has 0 aliphatic carbocycles. The predicted octanol–water partition coefficient (Wildman–Crippen LogP) is 1.46. The summed E-state index contributed by atoms with van der Waals surface area (Å²) < 4.78 is 11.2. The van der Waals surface area contributed by atoms with Crippen LogP contribution in [0.15, 0.2) is 65.3 Å². The van der Waals surface area contributed by atoms with E-state index in [1.165, 1.54) is 4.68 Å². The molecular weight excluding hydrogens is 384 g/mol. The van der Waals surface area contributed by atoms with E-state index < -0.39 is 5.95 Å². The zero-order valence-corrected chi connectivity index (χ0v) is 16.6. The van der Waals surface area contributed by atoms with Gasteiger partial charge in [0.1, 0.15) is 5.75 Å². The van der Waals surface area contributed by atoms with E-state index in [1.54, 1.807) is 36.3 Å². The Bertz CT molecular complexity index is 1020. The second kappa shape index (κ2) is 8.69. The van der Waals surface area contributed by atoms with Gasteiger partial charge in [-0.1, -0.05) is 30.3 Å². The highest BCUT2D eigenvalue weighted by Gasteiger charge is 2.33. The van der Waals surface area contributed by atoms with Crippen LogP contribution >= 0.6 is 0 Å². The molecular formula is C22H22N4O4. The standard InChI is InChI=1S/C22H22N4O4/c1-29-19-9-7-18(8-10-19)26-20(22(28)30-23-26)21(27)25-15-13-24(14-16-25)12-11-17-5-3-2-4-6-17/h2-12H,13-16H2,1H3/b12-11+. The average Bonchev–Trinajstić information content (AvgIpc) is 3.19. The van der Waals surface area contributed by atoms with E-state index >= 15 is 0 Å². The number of rotatable bonds is 5. The molecule has 1 saturated heterocycles. The first-order valence-electron chi connectivity index (χ1n) is 9.66. The molecule has 4 rings (SSSR count). The molecule has 30 heavy (non-hydrogen) atoms. The van der Waals surface area contributed by atoms with Gasteiger partial charge in [0.2, 0.25) is 5.69 Å². The molecule has 0 unspecified atom stereocenters. The number of hydrogen-bond donors (Lipinski definition) is 0. The van der Waals surface area contributed by atoms with Gasteiger partial charge in [-0.3, -0.25) is 4.79 Å². The second-order valence-electron chi connectivity index (χ2n) is 6.87. The molecule has 1 aromatic heterocycles. The number of carbonyl (C=O) groups is 1. The Hall–Kier alpha value is -3.81. The van der Waals surface area contributed by atoms with Crippen molar-refractivity contribution in [3.05, 3.63) is 72.1 Å². The highest BCUT2D eigenvalue weighted by Crippen LogP contribution is 2.17. The molecule has 3 aromatic rings. The molecule has 2 heterocycles. The van der Waals surface area contributed by atoms with E-state index in [1.807, 2.05) is 42.6 Å². The van der Waals surface area contributed by atoms with Crippen LogP contribution in [0.4, 0.5) is 0 Å². The van der Waals surface area contributed by atoms with Crippen molar-refractivity contribution in [2.45, 2.75) is 0 Å². The van der Waals surface area contributed by atoms with Crippen LogP contribution in [0.2, 0.25) is 0 Å². The summed E-state index contributed by atoms with van der Waals surface area (Å²) in [4.78, 5) is 16.8. The van der Waals surface area contributed by atoms with Crippen molar-refractivity contribution < 1.29 is 23.8 Å². The molecule has 8 nitrogen and oxygen atoms in total. The van der Waals surface area contributed by atoms with E-state index in [2.05, 4.69) is 10.2 Å². The number of hydrogen-bond acceptors (Lipinski definition) is 6. The maximum Gasteiger partial charge on any atom is 0.327 e. The van der Waals surface area contributed by atoms with Crippen molar-refractivity contribution in [1.29, 1.82) is 0 Å². The quantitative estimate of drug-likeness (QED) is 0.597. The van der Waals surface area contributed by atoms with Gasteiger partial charge < -0.3 is 24.2 Å². The van der Waals surface area contributed by atoms with Crippen molar-refractivity contribution >= 4 is 12.0 Å². The van der Waals surface area contributed by atoms with Crippen molar-refractivity contribution in [3.8, 4) is 17.4 Å². The van der Waals surface area contributed by atoms with Crippen molar-refractivity contribution in [2.24, 2.45) is 0 Å². The molecule has 2 aromatic carbocycles. The van der Waals surface area contributed by atoms with E-state index in [0.29, 0.717) is 37.6 Å². The molecule has 0 bridgehead atoms. The van der Waals surface area contributed by atoms with Gasteiger partial charge in [0.05, 0.1) is 12.4 Å². The number of aromatic nitrogens is 2. The zero-order chi connectivity index (χ0) is 20.9. The summed E-state index contributed by atoms with van der Waals surface area (Å²) in [6, 6.07) is 16.9. The van der Waals surface area contributed by atoms with Crippen LogP contribution in [0, 0.1) is 0 Å². The smallest absolute Gasteiger partial charge is 0.327 e. The lowest BCUT2D eigenvalue weighted by Crippen LogP contribution is -2.50. The first-order valence-corrected chi connectivity index (χ1v) is 9.66. The summed E-state index contributed by atoms with van der Waals surface area (Å²) in [5, 5.41) is 16.0. The van der Waals surface area contributed by atoms with Gasteiger partial charge in [-0.05, 0) is 34.7 Å². The van der Waals surface area contributed by atoms with Crippen LogP contribution in [-0.2, 0) is 0 Å². The minimum absolute atomic E-state index is 0.103. The lowest BCUT2D eigenvalue weighted by atomic mass is 10.2. The maximum atomic E-state index is 13.0. The summed E-state index contributed by atoms with van der Waals surface area (Å²) in [5.74, 6) is -0.469. The van der Waals surface area contributed by atoms with Gasteiger partial charge in [0.25, 0.3) is 0 Å². The summed E-state index contributed by atoms with van der Waals surface area (Å²) in [6.07, 6.45) is 4.08. The molecule has 1 fully saturated rings. The molecule has 8 heteroatoms. The first kappa shape index (κ1) is 19.5. The normalized spacial score (nSPS) is 14.3. The summed E-state index contributed by atoms with van der Waals surface area (Å²) in [5.41, 5.74) is 1.57. The highest BCUT2D eigenvalue weighted by molar-refractivity contribution is 5.92. The molecule has 1 amide bonds. The monoisotopic (exact) mass is 406 g/mol. The summed E-state index contributed by atoms with van der Waals surface area (Å²) in [7, 11) is 1.57. The molecule has 0 saturated carbocycles. The van der Waals surface area contributed by atoms with E-state index in [0.717, 1.165) is 5.56 Å². The minimum Gasteiger partial charge on any atom is -0.538 e. The number of piperazine rings is 1. The third-order valence-corrected chi connectivity index (χ3v) is 5.01. The predicted molar refractivity (Wildman–Crippen MR) is 107 cm³/mol. The molecule has 0 spiro atoms. The molecule has 0 atom stereocenters. The summed E-state index contributed by atoms with van der Waals surface area (Å²) >= 11 is 0. The molecule has 1 aliphatic heterocycles. The van der Waals surface area contributed by atoms with Crippen LogP contribution in [0.1, 0.15) is 16.1 Å². The average molecular weight is 406 g/mol. The van der Waals surface area contributed by atoms with Crippen molar-refractivity contribution in [2.75, 3.05) is 33.3 Å². The maximum absolute atomic E-state index is 13.0. The first-order chi connectivity index (χ1) is 14.7. The Morgan fingerprint density at radius 1 is 1.10 bits per heavy atom. The van der Waals surface area contributed by atoms with Gasteiger partial charge in [-0.15, -0.1) is 0 Å². The van der Waals surface area contributed by atoms with Gasteiger partial charge >= 0.3 is 11.6 Å². The Morgan fingerprint density at radius 2 is 1.80 bits per heavy atom. The van der Waals surface area contributed by atoms with E-state index in [9.17, 15) is 9.90 Å². The van der Waals surface area contributed by atoms with Gasteiger partial charge in [-0.2, -0.15) is 0 Å². The van der Waals surface area contributed by atoms with Gasteiger partial charge in [-0.25, -0.2) is 0 Å². The lowest BCUT2D eigenvalue weighted by Gasteiger charge is -2.33. The third-order valence-electron chi connectivity index (χ3n) is 5.01. The van der Waals surface area contributed by atoms with Gasteiger partial charge in [0, 0.05) is 38.3 Å². The molecule has 1 aliphatic rings. The number of ether oxygens (including phenoxy) is 1. The highest BCUT2D eigenvalue weighted by atomic mass is 16.6. The Morgan fingerprint density at radius 3 is 2.47 bits per heavy atom. The molecule has 154 valence electrons. The minimum atomic E-state index is -0.748. The molecule has 0 radical (unpaired) electrons. The number of benzene rings is 2. The topological polar surface area (TPSA) is 85.8 Å². The van der Waals surface area contributed by atoms with Crippen LogP contribution < -0.4 is 14.5 Å². The van der Waals surface area contributed by atoms with E-state index in [4.69, 9.17) is 9.26 Å². The number of nitrogens with zero attached hydrogens (tertiary/aromatic N) is 4. The van der Waals surface area contributed by atoms with Crippen LogP contribution in [0.5, 0.6) is 11.7 Å². The third kappa shape index (κ3) is 4.12. The summed E-state index contributed by atoms with van der Waals surface area (Å²) in [6.45, 7) is 2.37. The van der Waals surface area contributed by atoms with Crippen molar-refractivity contribution in [3.63, 3.8) is 0 Å².